The van der Waals surface area contributed by atoms with Gasteiger partial charge in [0, 0.05) is 57.4 Å². The number of anilines is 2. The summed E-state index contributed by atoms with van der Waals surface area (Å²) in [5.41, 5.74) is 5.38. The van der Waals surface area contributed by atoms with Gasteiger partial charge in [0.15, 0.2) is 0 Å². The molecule has 0 bridgehead atoms. The number of nitrogens with one attached hydrogen (secondary N) is 2. The van der Waals surface area contributed by atoms with Crippen molar-refractivity contribution < 1.29 is 4.74 Å². The largest absolute Gasteiger partial charge is 0.376 e. The van der Waals surface area contributed by atoms with E-state index in [4.69, 9.17) is 9.72 Å². The Morgan fingerprint density at radius 3 is 2.70 bits per heavy atom. The number of H-pyrrole nitrogens is 1. The Bertz CT molecular complexity index is 1000. The van der Waals surface area contributed by atoms with Gasteiger partial charge in [0.25, 0.3) is 0 Å². The van der Waals surface area contributed by atoms with Gasteiger partial charge in [0.2, 0.25) is 5.95 Å². The summed E-state index contributed by atoms with van der Waals surface area (Å²) in [5, 5.41) is 3.26. The van der Waals surface area contributed by atoms with Crippen LogP contribution in [0.1, 0.15) is 18.4 Å². The average Bonchev–Trinajstić information content (AvgIpc) is 3.43. The van der Waals surface area contributed by atoms with Crippen molar-refractivity contribution in [3.8, 4) is 11.4 Å². The SMILES string of the molecule is Cc1cc(N2CCN(C)CC2)cc2[nH]c(-c3cnc(NCC4CCCO4)nc3)nc12. The van der Waals surface area contributed by atoms with Crippen molar-refractivity contribution in [2.75, 3.05) is 56.6 Å². The van der Waals surface area contributed by atoms with Crippen LogP contribution in [0.15, 0.2) is 24.5 Å². The molecule has 1 unspecified atom stereocenters. The fraction of sp³-hybridized carbons (Fsp3) is 0.500. The number of fused-ring (bicyclic) bond motifs is 1. The predicted octanol–water partition coefficient (Wildman–Crippen LogP) is 2.67. The van der Waals surface area contributed by atoms with E-state index in [1.54, 1.807) is 0 Å². The number of imidazole rings is 1. The lowest BCUT2D eigenvalue weighted by Crippen LogP contribution is -2.44. The molecule has 1 atom stereocenters. The number of likely N-dealkylation sites (N-methyl/N-ethyl adjacent to an activating group) is 1. The molecule has 2 aromatic heterocycles. The van der Waals surface area contributed by atoms with Crippen LogP contribution < -0.4 is 10.2 Å². The van der Waals surface area contributed by atoms with Crippen molar-refractivity contribution >= 4 is 22.7 Å². The summed E-state index contributed by atoms with van der Waals surface area (Å²) < 4.78 is 5.63. The van der Waals surface area contributed by atoms with Gasteiger partial charge in [-0.3, -0.25) is 0 Å². The molecule has 3 aromatic rings. The first-order valence-electron chi connectivity index (χ1n) is 10.8. The summed E-state index contributed by atoms with van der Waals surface area (Å²) in [6.07, 6.45) is 6.13. The van der Waals surface area contributed by atoms with Gasteiger partial charge in [-0.25, -0.2) is 15.0 Å². The third-order valence-corrected chi connectivity index (χ3v) is 6.07. The zero-order valence-electron chi connectivity index (χ0n) is 17.7. The lowest BCUT2D eigenvalue weighted by molar-refractivity contribution is 0.120. The van der Waals surface area contributed by atoms with E-state index in [1.165, 1.54) is 11.3 Å². The molecule has 2 N–H and O–H groups in total. The Morgan fingerprint density at radius 2 is 1.97 bits per heavy atom. The molecule has 0 saturated carbocycles. The van der Waals surface area contributed by atoms with Crippen LogP contribution in [0.2, 0.25) is 0 Å². The fourth-order valence-corrected chi connectivity index (χ4v) is 4.21. The van der Waals surface area contributed by atoms with Crippen LogP contribution in [0.3, 0.4) is 0 Å². The maximum atomic E-state index is 5.63. The summed E-state index contributed by atoms with van der Waals surface area (Å²) in [6.45, 7) is 8.02. The van der Waals surface area contributed by atoms with E-state index in [1.807, 2.05) is 12.4 Å². The molecule has 2 aliphatic rings. The monoisotopic (exact) mass is 407 g/mol. The van der Waals surface area contributed by atoms with Gasteiger partial charge in [-0.1, -0.05) is 0 Å². The first-order chi connectivity index (χ1) is 14.7. The molecule has 2 saturated heterocycles. The molecule has 0 aliphatic carbocycles. The van der Waals surface area contributed by atoms with Gasteiger partial charge in [0.1, 0.15) is 5.82 Å². The molecule has 2 aliphatic heterocycles. The minimum atomic E-state index is 0.265. The standard InChI is InChI=1S/C22H29N7O/c1-15-10-17(29-7-5-28(2)6-8-29)11-19-20(15)27-21(26-19)16-12-23-22(24-13-16)25-14-18-4-3-9-30-18/h10-13,18H,3-9,14H2,1-2H3,(H,26,27)(H,23,24,25). The highest BCUT2D eigenvalue weighted by Crippen LogP contribution is 2.28. The average molecular weight is 408 g/mol. The van der Waals surface area contributed by atoms with E-state index in [0.29, 0.717) is 5.95 Å². The van der Waals surface area contributed by atoms with Crippen LogP contribution in [-0.4, -0.2) is 77.3 Å². The third-order valence-electron chi connectivity index (χ3n) is 6.07. The number of hydrogen-bond acceptors (Lipinski definition) is 7. The van der Waals surface area contributed by atoms with E-state index >= 15 is 0 Å². The first kappa shape index (κ1) is 19.3. The summed E-state index contributed by atoms with van der Waals surface area (Å²) in [4.78, 5) is 22.0. The number of aryl methyl sites for hydroxylation is 1. The molecule has 158 valence electrons. The Hall–Kier alpha value is -2.71. The Morgan fingerprint density at radius 1 is 1.17 bits per heavy atom. The highest BCUT2D eigenvalue weighted by atomic mass is 16.5. The molecule has 0 amide bonds. The number of nitrogens with zero attached hydrogens (tertiary/aromatic N) is 5. The third kappa shape index (κ3) is 3.97. The minimum absolute atomic E-state index is 0.265. The van der Waals surface area contributed by atoms with Gasteiger partial charge >= 0.3 is 0 Å². The predicted molar refractivity (Wildman–Crippen MR) is 119 cm³/mol. The molecular weight excluding hydrogens is 378 g/mol. The normalized spacial score (nSPS) is 20.2. The molecule has 0 radical (unpaired) electrons. The number of piperazine rings is 1. The Kier molecular flexibility index (Phi) is 5.26. The summed E-state index contributed by atoms with van der Waals surface area (Å²) in [7, 11) is 2.18. The highest BCUT2D eigenvalue weighted by molar-refractivity contribution is 5.85. The van der Waals surface area contributed by atoms with E-state index in [-0.39, 0.29) is 6.10 Å². The lowest BCUT2D eigenvalue weighted by atomic mass is 10.1. The second-order valence-corrected chi connectivity index (χ2v) is 8.35. The van der Waals surface area contributed by atoms with E-state index < -0.39 is 0 Å². The molecule has 0 spiro atoms. The number of hydrogen-bond donors (Lipinski definition) is 2. The van der Waals surface area contributed by atoms with E-state index in [0.717, 1.165) is 74.6 Å². The molecule has 30 heavy (non-hydrogen) atoms. The molecule has 5 rings (SSSR count). The van der Waals surface area contributed by atoms with Crippen molar-refractivity contribution in [3.05, 3.63) is 30.1 Å². The molecule has 8 nitrogen and oxygen atoms in total. The molecular formula is C22H29N7O. The van der Waals surface area contributed by atoms with E-state index in [2.05, 4.69) is 56.2 Å². The Balaban J connectivity index is 1.33. The fourth-order valence-electron chi connectivity index (χ4n) is 4.21. The van der Waals surface area contributed by atoms with Crippen LogP contribution in [0, 0.1) is 6.92 Å². The van der Waals surface area contributed by atoms with Crippen LogP contribution in [-0.2, 0) is 4.74 Å². The van der Waals surface area contributed by atoms with Gasteiger partial charge in [-0.2, -0.15) is 0 Å². The van der Waals surface area contributed by atoms with Crippen LogP contribution in [0.5, 0.6) is 0 Å². The number of aromatic amines is 1. The quantitative estimate of drug-likeness (QED) is 0.673. The number of benzene rings is 1. The van der Waals surface area contributed by atoms with Crippen molar-refractivity contribution in [1.29, 1.82) is 0 Å². The topological polar surface area (TPSA) is 82.2 Å². The summed E-state index contributed by atoms with van der Waals surface area (Å²) >= 11 is 0. The summed E-state index contributed by atoms with van der Waals surface area (Å²) in [5.74, 6) is 1.42. The van der Waals surface area contributed by atoms with Crippen LogP contribution in [0.4, 0.5) is 11.6 Å². The van der Waals surface area contributed by atoms with Crippen LogP contribution in [0.25, 0.3) is 22.4 Å². The second kappa shape index (κ2) is 8.20. The number of aromatic nitrogens is 4. The molecule has 4 heterocycles. The van der Waals surface area contributed by atoms with Gasteiger partial charge < -0.3 is 24.8 Å². The van der Waals surface area contributed by atoms with Crippen molar-refractivity contribution in [2.24, 2.45) is 0 Å². The van der Waals surface area contributed by atoms with Gasteiger partial charge in [-0.15, -0.1) is 0 Å². The maximum Gasteiger partial charge on any atom is 0.222 e. The highest BCUT2D eigenvalue weighted by Gasteiger charge is 2.18. The summed E-state index contributed by atoms with van der Waals surface area (Å²) in [6, 6.07) is 4.45. The zero-order chi connectivity index (χ0) is 20.5. The lowest BCUT2D eigenvalue weighted by Gasteiger charge is -2.34. The second-order valence-electron chi connectivity index (χ2n) is 8.35. The number of rotatable bonds is 5. The molecule has 8 heteroatoms. The maximum absolute atomic E-state index is 5.63. The van der Waals surface area contributed by atoms with E-state index in [9.17, 15) is 0 Å². The van der Waals surface area contributed by atoms with Crippen molar-refractivity contribution in [3.63, 3.8) is 0 Å². The number of ether oxygens (including phenoxy) is 1. The molecule has 1 aromatic carbocycles. The van der Waals surface area contributed by atoms with Crippen molar-refractivity contribution in [2.45, 2.75) is 25.9 Å². The van der Waals surface area contributed by atoms with Crippen LogP contribution >= 0.6 is 0 Å². The molecule has 2 fully saturated rings. The smallest absolute Gasteiger partial charge is 0.222 e. The first-order valence-corrected chi connectivity index (χ1v) is 10.8. The van der Waals surface area contributed by atoms with Gasteiger partial charge in [-0.05, 0) is 44.5 Å². The van der Waals surface area contributed by atoms with Gasteiger partial charge in [0.05, 0.1) is 22.7 Å². The van der Waals surface area contributed by atoms with Crippen molar-refractivity contribution in [1.82, 2.24) is 24.8 Å². The minimum Gasteiger partial charge on any atom is -0.376 e. The zero-order valence-corrected chi connectivity index (χ0v) is 17.7. The Labute approximate surface area is 176 Å².